The first-order chi connectivity index (χ1) is 15.1. The predicted molar refractivity (Wildman–Crippen MR) is 124 cm³/mol. The highest BCUT2D eigenvalue weighted by Gasteiger charge is 2.23. The van der Waals surface area contributed by atoms with Crippen LogP contribution in [0, 0.1) is 0 Å². The summed E-state index contributed by atoms with van der Waals surface area (Å²) >= 11 is 14.3. The second-order valence-corrected chi connectivity index (χ2v) is 8.50. The van der Waals surface area contributed by atoms with Gasteiger partial charge in [-0.05, 0) is 30.0 Å². The fraction of sp³-hybridized carbons (Fsp3) is 0.150. The third-order valence-electron chi connectivity index (χ3n) is 4.98. The number of aromatic nitrogens is 6. The fourth-order valence-electron chi connectivity index (χ4n) is 3.50. The molecule has 156 valence electrons. The number of hydrogen-bond donors (Lipinski definition) is 2. The summed E-state index contributed by atoms with van der Waals surface area (Å²) in [6.07, 6.45) is 5.34. The van der Waals surface area contributed by atoms with Crippen molar-refractivity contribution >= 4 is 61.5 Å². The molecule has 0 spiro atoms. The molecule has 0 saturated carbocycles. The Kier molecular flexibility index (Phi) is 5.09. The zero-order valence-corrected chi connectivity index (χ0v) is 18.5. The van der Waals surface area contributed by atoms with Crippen molar-refractivity contribution in [3.05, 3.63) is 68.5 Å². The molecule has 4 heterocycles. The minimum absolute atomic E-state index is 0.260. The zero-order valence-electron chi connectivity index (χ0n) is 16.1. The summed E-state index contributed by atoms with van der Waals surface area (Å²) in [5.41, 5.74) is 0.587. The minimum Gasteiger partial charge on any atom is -0.359 e. The molecule has 0 bridgehead atoms. The van der Waals surface area contributed by atoms with E-state index in [2.05, 4.69) is 25.5 Å². The Labute approximate surface area is 189 Å². The molecule has 0 aliphatic heterocycles. The molecule has 11 heteroatoms. The van der Waals surface area contributed by atoms with E-state index in [1.54, 1.807) is 24.5 Å². The van der Waals surface area contributed by atoms with Crippen LogP contribution in [-0.4, -0.2) is 29.7 Å². The smallest absolute Gasteiger partial charge is 0.267 e. The lowest BCUT2D eigenvalue weighted by Gasteiger charge is -2.22. The van der Waals surface area contributed by atoms with E-state index in [0.717, 1.165) is 10.2 Å². The van der Waals surface area contributed by atoms with Gasteiger partial charge >= 0.3 is 0 Å². The highest BCUT2D eigenvalue weighted by Crippen LogP contribution is 2.31. The van der Waals surface area contributed by atoms with Gasteiger partial charge in [-0.3, -0.25) is 14.5 Å². The van der Waals surface area contributed by atoms with Crippen molar-refractivity contribution in [3.8, 4) is 5.69 Å². The standard InChI is InChI=1S/C20H15Cl2N7OS/c1-2-14(27-17-11-5-6-31-19(11)24-9-23-17)18-28-16-13(22)4-3-12(21)15(16)20(30)29(18)10-7-25-26-8-10/h3-9,14H,2H2,1H3,(H,25,26)(H,23,24,27). The van der Waals surface area contributed by atoms with Crippen LogP contribution in [0.2, 0.25) is 10.0 Å². The molecule has 0 fully saturated rings. The van der Waals surface area contributed by atoms with E-state index in [9.17, 15) is 4.79 Å². The lowest BCUT2D eigenvalue weighted by atomic mass is 10.1. The molecule has 0 radical (unpaired) electrons. The van der Waals surface area contributed by atoms with Crippen LogP contribution in [0.15, 0.2) is 47.1 Å². The van der Waals surface area contributed by atoms with Gasteiger partial charge in [0.1, 0.15) is 22.8 Å². The van der Waals surface area contributed by atoms with Crippen LogP contribution >= 0.6 is 34.5 Å². The van der Waals surface area contributed by atoms with Gasteiger partial charge in [0.15, 0.2) is 0 Å². The van der Waals surface area contributed by atoms with Crippen molar-refractivity contribution in [2.75, 3.05) is 5.32 Å². The summed E-state index contributed by atoms with van der Waals surface area (Å²) in [4.78, 5) is 27.9. The number of nitrogens with one attached hydrogen (secondary N) is 2. The average Bonchev–Trinajstić information content (AvgIpc) is 3.46. The SMILES string of the molecule is CCC(Nc1ncnc2sccc12)c1nc2c(Cl)ccc(Cl)c2c(=O)n1-c1cn[nH]c1. The van der Waals surface area contributed by atoms with Crippen LogP contribution in [-0.2, 0) is 0 Å². The lowest BCUT2D eigenvalue weighted by Crippen LogP contribution is -2.28. The van der Waals surface area contributed by atoms with Gasteiger partial charge < -0.3 is 5.32 Å². The van der Waals surface area contributed by atoms with E-state index in [1.165, 1.54) is 22.2 Å². The summed E-state index contributed by atoms with van der Waals surface area (Å²) in [5.74, 6) is 1.15. The number of hydrogen-bond acceptors (Lipinski definition) is 7. The second-order valence-electron chi connectivity index (χ2n) is 6.79. The normalized spacial score (nSPS) is 12.5. The molecule has 0 aliphatic rings. The molecule has 0 saturated heterocycles. The maximum absolute atomic E-state index is 13.6. The van der Waals surface area contributed by atoms with Gasteiger partial charge in [-0.25, -0.2) is 15.0 Å². The van der Waals surface area contributed by atoms with Gasteiger partial charge in [0.2, 0.25) is 0 Å². The molecule has 0 amide bonds. The van der Waals surface area contributed by atoms with E-state index in [-0.39, 0.29) is 22.0 Å². The Morgan fingerprint density at radius 2 is 2.06 bits per heavy atom. The van der Waals surface area contributed by atoms with E-state index < -0.39 is 0 Å². The molecule has 8 nitrogen and oxygen atoms in total. The number of benzene rings is 1. The number of rotatable bonds is 5. The highest BCUT2D eigenvalue weighted by molar-refractivity contribution is 7.16. The molecule has 1 aromatic carbocycles. The molecule has 2 N–H and O–H groups in total. The van der Waals surface area contributed by atoms with E-state index in [4.69, 9.17) is 28.2 Å². The molecular weight excluding hydrogens is 457 g/mol. The number of nitrogens with zero attached hydrogens (tertiary/aromatic N) is 5. The van der Waals surface area contributed by atoms with Gasteiger partial charge in [-0.15, -0.1) is 11.3 Å². The molecule has 1 atom stereocenters. The summed E-state index contributed by atoms with van der Waals surface area (Å²) in [5, 5.41) is 13.9. The molecule has 4 aromatic heterocycles. The molecule has 0 aliphatic carbocycles. The van der Waals surface area contributed by atoms with Gasteiger partial charge in [0.25, 0.3) is 5.56 Å². The number of H-pyrrole nitrogens is 1. The van der Waals surface area contributed by atoms with Crippen LogP contribution in [0.3, 0.4) is 0 Å². The summed E-state index contributed by atoms with van der Waals surface area (Å²) in [7, 11) is 0. The van der Waals surface area contributed by atoms with Gasteiger partial charge in [-0.1, -0.05) is 30.1 Å². The first-order valence-corrected chi connectivity index (χ1v) is 11.1. The van der Waals surface area contributed by atoms with Crippen molar-refractivity contribution in [2.24, 2.45) is 0 Å². The fourth-order valence-corrected chi connectivity index (χ4v) is 4.67. The Morgan fingerprint density at radius 3 is 2.84 bits per heavy atom. The molecule has 1 unspecified atom stereocenters. The summed E-state index contributed by atoms with van der Waals surface area (Å²) < 4.78 is 1.50. The van der Waals surface area contributed by atoms with Gasteiger partial charge in [-0.2, -0.15) is 5.10 Å². The maximum Gasteiger partial charge on any atom is 0.267 e. The van der Waals surface area contributed by atoms with Crippen LogP contribution in [0.4, 0.5) is 5.82 Å². The zero-order chi connectivity index (χ0) is 21.5. The van der Waals surface area contributed by atoms with Crippen molar-refractivity contribution in [2.45, 2.75) is 19.4 Å². The Hall–Kier alpha value is -3.01. The number of halogens is 2. The number of fused-ring (bicyclic) bond motifs is 2. The topological polar surface area (TPSA) is 101 Å². The molecule has 5 aromatic rings. The monoisotopic (exact) mass is 471 g/mol. The van der Waals surface area contributed by atoms with E-state index >= 15 is 0 Å². The lowest BCUT2D eigenvalue weighted by molar-refractivity contribution is 0.659. The second kappa shape index (κ2) is 7.92. The summed E-state index contributed by atoms with van der Waals surface area (Å²) in [6, 6.07) is 4.85. The third kappa shape index (κ3) is 3.34. The largest absolute Gasteiger partial charge is 0.359 e. The minimum atomic E-state index is -0.347. The van der Waals surface area contributed by atoms with E-state index in [0.29, 0.717) is 34.3 Å². The maximum atomic E-state index is 13.6. The third-order valence-corrected chi connectivity index (χ3v) is 6.43. The number of thiophene rings is 1. The van der Waals surface area contributed by atoms with E-state index in [1.807, 2.05) is 18.4 Å². The first-order valence-electron chi connectivity index (χ1n) is 9.43. The Bertz CT molecular complexity index is 1460. The quantitative estimate of drug-likeness (QED) is 0.374. The van der Waals surface area contributed by atoms with Gasteiger partial charge in [0, 0.05) is 6.20 Å². The van der Waals surface area contributed by atoms with Crippen LogP contribution in [0.25, 0.3) is 26.8 Å². The first kappa shape index (κ1) is 19.9. The van der Waals surface area contributed by atoms with Crippen LogP contribution < -0.4 is 10.9 Å². The Balaban J connectivity index is 1.76. The summed E-state index contributed by atoms with van der Waals surface area (Å²) in [6.45, 7) is 2.00. The van der Waals surface area contributed by atoms with Crippen molar-refractivity contribution in [1.82, 2.24) is 29.7 Å². The highest BCUT2D eigenvalue weighted by atomic mass is 35.5. The average molecular weight is 472 g/mol. The molecule has 31 heavy (non-hydrogen) atoms. The van der Waals surface area contributed by atoms with Crippen molar-refractivity contribution in [1.29, 1.82) is 0 Å². The van der Waals surface area contributed by atoms with Crippen molar-refractivity contribution in [3.63, 3.8) is 0 Å². The molecule has 5 rings (SSSR count). The Morgan fingerprint density at radius 1 is 1.23 bits per heavy atom. The van der Waals surface area contributed by atoms with Crippen LogP contribution in [0.1, 0.15) is 25.2 Å². The van der Waals surface area contributed by atoms with Crippen molar-refractivity contribution < 1.29 is 0 Å². The van der Waals surface area contributed by atoms with Gasteiger partial charge in [0.05, 0.1) is 44.3 Å². The van der Waals surface area contributed by atoms with Crippen LogP contribution in [0.5, 0.6) is 0 Å². The molecular formula is C20H15Cl2N7OS. The number of anilines is 1. The predicted octanol–water partition coefficient (Wildman–Crippen LogP) is 4.98. The number of aromatic amines is 1.